The number of benzene rings is 2. The largest absolute Gasteiger partial charge is 0.497 e. The van der Waals surface area contributed by atoms with Gasteiger partial charge in [-0.15, -0.1) is 0 Å². The molecular weight excluding hydrogens is 362 g/mol. The number of esters is 2. The van der Waals surface area contributed by atoms with Crippen LogP contribution in [0.5, 0.6) is 5.75 Å². The minimum Gasteiger partial charge on any atom is -0.497 e. The smallest absolute Gasteiger partial charge is 0.351 e. The van der Waals surface area contributed by atoms with E-state index in [1.54, 1.807) is 43.5 Å². The number of amides is 1. The van der Waals surface area contributed by atoms with Crippen molar-refractivity contribution >= 4 is 17.8 Å². The number of hydrogen-bond donors (Lipinski definition) is 1. The highest BCUT2D eigenvalue weighted by atomic mass is 16.6. The Bertz CT molecular complexity index is 892. The van der Waals surface area contributed by atoms with Crippen LogP contribution in [-0.4, -0.2) is 37.2 Å². The van der Waals surface area contributed by atoms with Gasteiger partial charge in [-0.05, 0) is 36.2 Å². The van der Waals surface area contributed by atoms with Crippen LogP contribution >= 0.6 is 0 Å². The lowest BCUT2D eigenvalue weighted by Crippen LogP contribution is -2.47. The van der Waals surface area contributed by atoms with E-state index in [1.807, 2.05) is 12.1 Å². The number of ether oxygens (including phenoxy) is 3. The molecule has 7 heteroatoms. The minimum absolute atomic E-state index is 0.196. The molecule has 1 atom stereocenters. The van der Waals surface area contributed by atoms with Crippen molar-refractivity contribution in [3.8, 4) is 5.75 Å². The third kappa shape index (κ3) is 4.31. The average molecular weight is 383 g/mol. The normalized spacial score (nSPS) is 17.9. The van der Waals surface area contributed by atoms with Crippen molar-refractivity contribution in [2.24, 2.45) is 0 Å². The first-order valence-electron chi connectivity index (χ1n) is 8.79. The Morgan fingerprint density at radius 3 is 2.57 bits per heavy atom. The molecule has 1 N–H and O–H groups in total. The summed E-state index contributed by atoms with van der Waals surface area (Å²) in [6.07, 6.45) is 0.196. The maximum absolute atomic E-state index is 12.4. The topological polar surface area (TPSA) is 90.9 Å². The summed E-state index contributed by atoms with van der Waals surface area (Å²) >= 11 is 0. The maximum atomic E-state index is 12.4. The molecular formula is C21H21NO6. The molecule has 3 rings (SSSR count). The van der Waals surface area contributed by atoms with Crippen molar-refractivity contribution < 1.29 is 28.6 Å². The highest BCUT2D eigenvalue weighted by Crippen LogP contribution is 2.29. The summed E-state index contributed by atoms with van der Waals surface area (Å²) in [6.45, 7) is 1.32. The summed E-state index contributed by atoms with van der Waals surface area (Å²) in [7, 11) is 1.58. The number of rotatable bonds is 6. The Kier molecular flexibility index (Phi) is 5.63. The van der Waals surface area contributed by atoms with Gasteiger partial charge in [0.25, 0.3) is 5.91 Å². The van der Waals surface area contributed by atoms with Gasteiger partial charge in [0.1, 0.15) is 5.75 Å². The van der Waals surface area contributed by atoms with Crippen molar-refractivity contribution in [2.75, 3.05) is 13.7 Å². The number of hydrogen-bond acceptors (Lipinski definition) is 6. The van der Waals surface area contributed by atoms with E-state index < -0.39 is 30.1 Å². The van der Waals surface area contributed by atoms with Crippen LogP contribution in [0.1, 0.15) is 28.4 Å². The molecule has 0 spiro atoms. The molecule has 1 aliphatic rings. The fourth-order valence-electron chi connectivity index (χ4n) is 2.93. The van der Waals surface area contributed by atoms with E-state index in [0.717, 1.165) is 11.3 Å². The van der Waals surface area contributed by atoms with Gasteiger partial charge in [0, 0.05) is 13.0 Å². The monoisotopic (exact) mass is 383 g/mol. The molecule has 0 radical (unpaired) electrons. The fraction of sp³-hybridized carbons (Fsp3) is 0.286. The van der Waals surface area contributed by atoms with Crippen LogP contribution in [-0.2, 0) is 32.0 Å². The second-order valence-corrected chi connectivity index (χ2v) is 6.66. The third-order valence-corrected chi connectivity index (χ3v) is 4.50. The summed E-state index contributed by atoms with van der Waals surface area (Å²) in [6, 6.07) is 14.2. The highest BCUT2D eigenvalue weighted by Gasteiger charge is 2.44. The van der Waals surface area contributed by atoms with Crippen LogP contribution in [0.4, 0.5) is 0 Å². The summed E-state index contributed by atoms with van der Waals surface area (Å²) in [4.78, 5) is 36.5. The second kappa shape index (κ2) is 8.12. The number of methoxy groups -OCH3 is 1. The van der Waals surface area contributed by atoms with E-state index in [9.17, 15) is 14.4 Å². The molecule has 0 aromatic heterocycles. The van der Waals surface area contributed by atoms with Crippen LogP contribution in [0.15, 0.2) is 48.5 Å². The molecule has 7 nitrogen and oxygen atoms in total. The first-order valence-corrected chi connectivity index (χ1v) is 8.79. The summed E-state index contributed by atoms with van der Waals surface area (Å²) in [5, 5.41) is 2.67. The van der Waals surface area contributed by atoms with E-state index in [0.29, 0.717) is 17.7 Å². The van der Waals surface area contributed by atoms with E-state index in [4.69, 9.17) is 14.2 Å². The van der Waals surface area contributed by atoms with E-state index >= 15 is 0 Å². The third-order valence-electron chi connectivity index (χ3n) is 4.50. The van der Waals surface area contributed by atoms with Crippen molar-refractivity contribution in [3.63, 3.8) is 0 Å². The molecule has 2 aromatic rings. The summed E-state index contributed by atoms with van der Waals surface area (Å²) < 4.78 is 15.5. The molecule has 0 saturated carbocycles. The van der Waals surface area contributed by atoms with Crippen molar-refractivity contribution in [3.05, 3.63) is 65.2 Å². The number of fused-ring (bicyclic) bond motifs is 1. The van der Waals surface area contributed by atoms with Crippen LogP contribution in [0.2, 0.25) is 0 Å². The fourth-order valence-corrected chi connectivity index (χ4v) is 2.93. The quantitative estimate of drug-likeness (QED) is 0.768. The zero-order chi connectivity index (χ0) is 20.1. The van der Waals surface area contributed by atoms with Gasteiger partial charge in [-0.1, -0.05) is 30.3 Å². The number of cyclic esters (lactones) is 1. The standard InChI is InChI=1S/C21H21NO6/c1-21(11-15-5-3-4-6-17(15)19(24)28-21)20(25)27-13-18(23)22-12-14-7-9-16(26-2)10-8-14/h3-10H,11-13H2,1-2H3,(H,22,23)/t21-/m0/s1. The molecule has 1 amide bonds. The van der Waals surface area contributed by atoms with E-state index in [2.05, 4.69) is 5.32 Å². The molecule has 1 heterocycles. The molecule has 0 fully saturated rings. The zero-order valence-electron chi connectivity index (χ0n) is 15.7. The number of carbonyl (C=O) groups is 3. The van der Waals surface area contributed by atoms with Crippen LogP contribution < -0.4 is 10.1 Å². The molecule has 1 aliphatic heterocycles. The van der Waals surface area contributed by atoms with Gasteiger partial charge in [-0.2, -0.15) is 0 Å². The van der Waals surface area contributed by atoms with E-state index in [1.165, 1.54) is 6.92 Å². The number of nitrogens with one attached hydrogen (secondary N) is 1. The van der Waals surface area contributed by atoms with Crippen molar-refractivity contribution in [1.29, 1.82) is 0 Å². The molecule has 28 heavy (non-hydrogen) atoms. The Balaban J connectivity index is 1.52. The van der Waals surface area contributed by atoms with Gasteiger partial charge < -0.3 is 19.5 Å². The lowest BCUT2D eigenvalue weighted by Gasteiger charge is -2.32. The molecule has 0 unspecified atom stereocenters. The Labute approximate surface area is 162 Å². The minimum atomic E-state index is -1.46. The zero-order valence-corrected chi connectivity index (χ0v) is 15.7. The van der Waals surface area contributed by atoms with Gasteiger partial charge >= 0.3 is 11.9 Å². The highest BCUT2D eigenvalue weighted by molar-refractivity contribution is 5.96. The van der Waals surface area contributed by atoms with Crippen LogP contribution in [0.3, 0.4) is 0 Å². The molecule has 0 bridgehead atoms. The predicted molar refractivity (Wildman–Crippen MR) is 99.8 cm³/mol. The summed E-state index contributed by atoms with van der Waals surface area (Å²) in [5.41, 5.74) is 0.569. The Hall–Kier alpha value is -3.35. The summed E-state index contributed by atoms with van der Waals surface area (Å²) in [5.74, 6) is -1.06. The molecule has 146 valence electrons. The predicted octanol–water partition coefficient (Wildman–Crippen LogP) is 2.03. The van der Waals surface area contributed by atoms with Gasteiger partial charge in [0.2, 0.25) is 5.60 Å². The lowest BCUT2D eigenvalue weighted by molar-refractivity contribution is -0.167. The first-order chi connectivity index (χ1) is 13.4. The van der Waals surface area contributed by atoms with Crippen LogP contribution in [0.25, 0.3) is 0 Å². The number of carbonyl (C=O) groups excluding carboxylic acids is 3. The first kappa shape index (κ1) is 19.4. The van der Waals surface area contributed by atoms with Gasteiger partial charge in [-0.3, -0.25) is 4.79 Å². The van der Waals surface area contributed by atoms with Crippen molar-refractivity contribution in [1.82, 2.24) is 5.32 Å². The van der Waals surface area contributed by atoms with Crippen molar-refractivity contribution in [2.45, 2.75) is 25.5 Å². The van der Waals surface area contributed by atoms with Gasteiger partial charge in [-0.25, -0.2) is 9.59 Å². The second-order valence-electron chi connectivity index (χ2n) is 6.66. The van der Waals surface area contributed by atoms with E-state index in [-0.39, 0.29) is 6.42 Å². The maximum Gasteiger partial charge on any atom is 0.351 e. The molecule has 0 saturated heterocycles. The van der Waals surface area contributed by atoms with Gasteiger partial charge in [0.05, 0.1) is 12.7 Å². The lowest BCUT2D eigenvalue weighted by atomic mass is 9.90. The SMILES string of the molecule is COc1ccc(CNC(=O)COC(=O)[C@]2(C)Cc3ccccc3C(=O)O2)cc1. The molecule has 0 aliphatic carbocycles. The van der Waals surface area contributed by atoms with Gasteiger partial charge in [0.15, 0.2) is 6.61 Å². The van der Waals surface area contributed by atoms with Crippen LogP contribution in [0, 0.1) is 0 Å². The average Bonchev–Trinajstić information content (AvgIpc) is 2.70. The Morgan fingerprint density at radius 2 is 1.86 bits per heavy atom. The molecule has 2 aromatic carbocycles. The Morgan fingerprint density at radius 1 is 1.14 bits per heavy atom.